The quantitative estimate of drug-likeness (QED) is 0.728. The fourth-order valence-electron chi connectivity index (χ4n) is 7.45. The molecular weight excluding hydrogens is 272 g/mol. The van der Waals surface area contributed by atoms with Crippen molar-refractivity contribution < 1.29 is 9.90 Å². The zero-order valence-electron chi connectivity index (χ0n) is 14.5. The summed E-state index contributed by atoms with van der Waals surface area (Å²) < 4.78 is 0. The lowest BCUT2D eigenvalue weighted by molar-refractivity contribution is -0.154. The first-order valence-electron chi connectivity index (χ1n) is 9.57. The molecule has 4 aliphatic carbocycles. The highest BCUT2D eigenvalue weighted by molar-refractivity contribution is 5.80. The van der Waals surface area contributed by atoms with Gasteiger partial charge in [-0.3, -0.25) is 4.79 Å². The summed E-state index contributed by atoms with van der Waals surface area (Å²) in [5.74, 6) is 3.99. The van der Waals surface area contributed by atoms with Gasteiger partial charge >= 0.3 is 0 Å². The van der Waals surface area contributed by atoms with Crippen LogP contribution >= 0.6 is 0 Å². The Kier molecular flexibility index (Phi) is 3.32. The van der Waals surface area contributed by atoms with Gasteiger partial charge < -0.3 is 5.11 Å². The molecule has 0 aromatic rings. The van der Waals surface area contributed by atoms with Crippen molar-refractivity contribution in [1.29, 1.82) is 0 Å². The van der Waals surface area contributed by atoms with Gasteiger partial charge in [0.15, 0.2) is 0 Å². The van der Waals surface area contributed by atoms with Gasteiger partial charge in [-0.2, -0.15) is 0 Å². The van der Waals surface area contributed by atoms with E-state index < -0.39 is 0 Å². The second kappa shape index (κ2) is 4.82. The maximum Gasteiger partial charge on any atom is 0.133 e. The predicted molar refractivity (Wildman–Crippen MR) is 87.3 cm³/mol. The van der Waals surface area contributed by atoms with Gasteiger partial charge in [0, 0.05) is 12.8 Å². The molecule has 0 saturated heterocycles. The standard InChI is InChI=1S/C20H32O2/c1-12-10-14(21)11-13-4-5-15-16-6-7-18(22)19(16,2)9-8-17(15)20(12,13)3/h12-13,15-18,22H,4-11H2,1-3H3/t12-,13+,15+,16+,17+,18+,19+,20+/m1/s1. The summed E-state index contributed by atoms with van der Waals surface area (Å²) in [5, 5.41) is 10.5. The average Bonchev–Trinajstić information content (AvgIpc) is 2.77. The van der Waals surface area contributed by atoms with Crippen LogP contribution in [0, 0.1) is 40.4 Å². The first kappa shape index (κ1) is 15.2. The van der Waals surface area contributed by atoms with Crippen LogP contribution in [0.25, 0.3) is 0 Å². The molecule has 0 aliphatic heterocycles. The molecule has 0 aromatic heterocycles. The molecule has 0 unspecified atom stereocenters. The Morgan fingerprint density at radius 3 is 2.55 bits per heavy atom. The Labute approximate surface area is 135 Å². The first-order valence-corrected chi connectivity index (χ1v) is 9.57. The minimum Gasteiger partial charge on any atom is -0.393 e. The van der Waals surface area contributed by atoms with Crippen molar-refractivity contribution in [3.63, 3.8) is 0 Å². The molecule has 124 valence electrons. The number of rotatable bonds is 0. The number of ketones is 1. The SMILES string of the molecule is C[C@@H]1CC(=O)C[C@@H]2CC[C@H]3[C@@H]4CC[C@H](O)[C@@]4(C)CC[C@@H]3[C@]21C. The summed E-state index contributed by atoms with van der Waals surface area (Å²) in [5.41, 5.74) is 0.545. The number of aliphatic hydroxyl groups excluding tert-OH is 1. The summed E-state index contributed by atoms with van der Waals surface area (Å²) in [6, 6.07) is 0. The second-order valence-electron chi connectivity index (χ2n) is 9.50. The Balaban J connectivity index is 1.67. The van der Waals surface area contributed by atoms with E-state index in [1.807, 2.05) is 0 Å². The Morgan fingerprint density at radius 2 is 1.77 bits per heavy atom. The number of aliphatic hydroxyl groups is 1. The summed E-state index contributed by atoms with van der Waals surface area (Å²) in [6.45, 7) is 7.21. The van der Waals surface area contributed by atoms with E-state index >= 15 is 0 Å². The van der Waals surface area contributed by atoms with Gasteiger partial charge in [-0.1, -0.05) is 20.8 Å². The third kappa shape index (κ3) is 1.79. The van der Waals surface area contributed by atoms with Gasteiger partial charge in [0.1, 0.15) is 5.78 Å². The lowest BCUT2D eigenvalue weighted by atomic mass is 9.43. The molecule has 4 aliphatic rings. The lowest BCUT2D eigenvalue weighted by Gasteiger charge is -2.62. The molecule has 0 bridgehead atoms. The summed E-state index contributed by atoms with van der Waals surface area (Å²) in [4.78, 5) is 12.1. The number of fused-ring (bicyclic) bond motifs is 5. The van der Waals surface area contributed by atoms with Crippen molar-refractivity contribution in [2.24, 2.45) is 40.4 Å². The van der Waals surface area contributed by atoms with Gasteiger partial charge in [-0.05, 0) is 78.9 Å². The maximum atomic E-state index is 12.1. The molecule has 8 atom stereocenters. The minimum absolute atomic E-state index is 0.0747. The monoisotopic (exact) mass is 304 g/mol. The molecule has 2 nitrogen and oxygen atoms in total. The summed E-state index contributed by atoms with van der Waals surface area (Å²) in [6.07, 6.45) is 8.84. The van der Waals surface area contributed by atoms with Crippen molar-refractivity contribution in [3.05, 3.63) is 0 Å². The number of hydrogen-bond donors (Lipinski definition) is 1. The molecule has 1 N–H and O–H groups in total. The van der Waals surface area contributed by atoms with Gasteiger partial charge in [-0.15, -0.1) is 0 Å². The smallest absolute Gasteiger partial charge is 0.133 e. The number of hydrogen-bond acceptors (Lipinski definition) is 2. The highest BCUT2D eigenvalue weighted by atomic mass is 16.3. The summed E-state index contributed by atoms with van der Waals surface area (Å²) >= 11 is 0. The molecule has 4 rings (SSSR count). The molecule has 0 radical (unpaired) electrons. The van der Waals surface area contributed by atoms with Crippen LogP contribution in [0.3, 0.4) is 0 Å². The van der Waals surface area contributed by atoms with Crippen molar-refractivity contribution in [1.82, 2.24) is 0 Å². The third-order valence-electron chi connectivity index (χ3n) is 8.98. The van der Waals surface area contributed by atoms with Crippen molar-refractivity contribution >= 4 is 5.78 Å². The largest absolute Gasteiger partial charge is 0.393 e. The molecule has 22 heavy (non-hydrogen) atoms. The van der Waals surface area contributed by atoms with Crippen molar-refractivity contribution in [3.8, 4) is 0 Å². The zero-order chi connectivity index (χ0) is 15.7. The van der Waals surface area contributed by atoms with E-state index in [4.69, 9.17) is 0 Å². The molecule has 2 heteroatoms. The molecule has 0 spiro atoms. The molecule has 4 saturated carbocycles. The Bertz CT molecular complexity index is 486. The minimum atomic E-state index is -0.0747. The van der Waals surface area contributed by atoms with Crippen LogP contribution in [-0.4, -0.2) is 17.0 Å². The first-order chi connectivity index (χ1) is 10.4. The van der Waals surface area contributed by atoms with E-state index in [-0.39, 0.29) is 11.5 Å². The van der Waals surface area contributed by atoms with Crippen LogP contribution in [-0.2, 0) is 4.79 Å². The highest BCUT2D eigenvalue weighted by Crippen LogP contribution is 2.66. The van der Waals surface area contributed by atoms with Gasteiger partial charge in [0.25, 0.3) is 0 Å². The Hall–Kier alpha value is -0.370. The van der Waals surface area contributed by atoms with E-state index in [0.717, 1.165) is 37.0 Å². The fourth-order valence-corrected chi connectivity index (χ4v) is 7.45. The lowest BCUT2D eigenvalue weighted by Crippen LogP contribution is -2.56. The van der Waals surface area contributed by atoms with Crippen LogP contribution in [0.5, 0.6) is 0 Å². The van der Waals surface area contributed by atoms with Crippen LogP contribution in [0.15, 0.2) is 0 Å². The summed E-state index contributed by atoms with van der Waals surface area (Å²) in [7, 11) is 0. The zero-order valence-corrected chi connectivity index (χ0v) is 14.5. The van der Waals surface area contributed by atoms with E-state index in [9.17, 15) is 9.90 Å². The number of carbonyl (C=O) groups excluding carboxylic acids is 1. The highest BCUT2D eigenvalue weighted by Gasteiger charge is 2.61. The molecule has 0 heterocycles. The van der Waals surface area contributed by atoms with Crippen LogP contribution < -0.4 is 0 Å². The van der Waals surface area contributed by atoms with Gasteiger partial charge in [-0.25, -0.2) is 0 Å². The predicted octanol–water partition coefficient (Wildman–Crippen LogP) is 4.21. The van der Waals surface area contributed by atoms with Crippen LogP contribution in [0.4, 0.5) is 0 Å². The number of Topliss-reactive ketones (excluding diaryl/α,β-unsaturated/α-hetero) is 1. The normalized spacial score (nSPS) is 57.9. The van der Waals surface area contributed by atoms with Crippen molar-refractivity contribution in [2.75, 3.05) is 0 Å². The van der Waals surface area contributed by atoms with E-state index in [1.165, 1.54) is 32.1 Å². The molecule has 0 aromatic carbocycles. The van der Waals surface area contributed by atoms with Gasteiger partial charge in [0.2, 0.25) is 0 Å². The molecular formula is C20H32O2. The Morgan fingerprint density at radius 1 is 1.00 bits per heavy atom. The average molecular weight is 304 g/mol. The number of carbonyl (C=O) groups is 1. The van der Waals surface area contributed by atoms with Crippen LogP contribution in [0.1, 0.15) is 72.1 Å². The van der Waals surface area contributed by atoms with Gasteiger partial charge in [0.05, 0.1) is 6.10 Å². The van der Waals surface area contributed by atoms with Crippen LogP contribution in [0.2, 0.25) is 0 Å². The molecule has 0 amide bonds. The topological polar surface area (TPSA) is 37.3 Å². The van der Waals surface area contributed by atoms with E-state index in [2.05, 4.69) is 20.8 Å². The third-order valence-corrected chi connectivity index (χ3v) is 8.98. The van der Waals surface area contributed by atoms with E-state index in [0.29, 0.717) is 23.0 Å². The van der Waals surface area contributed by atoms with Crippen molar-refractivity contribution in [2.45, 2.75) is 78.2 Å². The molecule has 4 fully saturated rings. The second-order valence-corrected chi connectivity index (χ2v) is 9.50. The maximum absolute atomic E-state index is 12.1. The fraction of sp³-hybridized carbons (Fsp3) is 0.950. The van der Waals surface area contributed by atoms with E-state index in [1.54, 1.807) is 0 Å².